The van der Waals surface area contributed by atoms with Gasteiger partial charge < -0.3 is 5.11 Å². The summed E-state index contributed by atoms with van der Waals surface area (Å²) in [6.45, 7) is 4.95. The van der Waals surface area contributed by atoms with Crippen molar-refractivity contribution < 1.29 is 5.11 Å². The maximum absolute atomic E-state index is 10.3. The van der Waals surface area contributed by atoms with E-state index in [0.717, 1.165) is 34.7 Å². The smallest absolute Gasteiger partial charge is 0.0738 e. The predicted octanol–water partition coefficient (Wildman–Crippen LogP) is 3.46. The quantitative estimate of drug-likeness (QED) is 0.903. The zero-order chi connectivity index (χ0) is 13.1. The van der Waals surface area contributed by atoms with Gasteiger partial charge in [0.05, 0.1) is 22.0 Å². The molecule has 3 nitrogen and oxygen atoms in total. The molecule has 0 spiro atoms. The van der Waals surface area contributed by atoms with E-state index in [1.807, 2.05) is 11.6 Å². The summed E-state index contributed by atoms with van der Waals surface area (Å²) in [6, 6.07) is 0. The molecular weight excluding hydrogens is 292 g/mol. The van der Waals surface area contributed by atoms with E-state index in [1.165, 1.54) is 25.7 Å². The molecule has 1 saturated carbocycles. The number of rotatable bonds is 5. The molecule has 0 aromatic carbocycles. The van der Waals surface area contributed by atoms with Crippen LogP contribution in [0.3, 0.4) is 0 Å². The van der Waals surface area contributed by atoms with Gasteiger partial charge in [0, 0.05) is 13.0 Å². The minimum absolute atomic E-state index is 0.231. The molecule has 0 radical (unpaired) electrons. The van der Waals surface area contributed by atoms with Crippen LogP contribution in [0.5, 0.6) is 0 Å². The Morgan fingerprint density at radius 3 is 2.72 bits per heavy atom. The fraction of sp³-hybridized carbons (Fsp3) is 0.786. The number of aromatic nitrogens is 2. The maximum atomic E-state index is 10.3. The van der Waals surface area contributed by atoms with Crippen molar-refractivity contribution in [3.8, 4) is 0 Å². The van der Waals surface area contributed by atoms with E-state index in [-0.39, 0.29) is 6.10 Å². The average molecular weight is 315 g/mol. The van der Waals surface area contributed by atoms with Gasteiger partial charge in [-0.3, -0.25) is 4.68 Å². The summed E-state index contributed by atoms with van der Waals surface area (Å²) < 4.78 is 3.06. The SMILES string of the molecule is CCn1nc(C)c(Br)c1CC(O)CC1CCCC1. The second kappa shape index (κ2) is 6.20. The average Bonchev–Trinajstić information content (AvgIpc) is 2.92. The lowest BCUT2D eigenvalue weighted by atomic mass is 9.97. The minimum atomic E-state index is -0.231. The van der Waals surface area contributed by atoms with Crippen molar-refractivity contribution in [1.82, 2.24) is 9.78 Å². The highest BCUT2D eigenvalue weighted by Crippen LogP contribution is 2.30. The van der Waals surface area contributed by atoms with Gasteiger partial charge in [0.1, 0.15) is 0 Å². The third-order valence-corrected chi connectivity index (χ3v) is 4.99. The van der Waals surface area contributed by atoms with Gasteiger partial charge in [0.25, 0.3) is 0 Å². The Kier molecular flexibility index (Phi) is 4.84. The van der Waals surface area contributed by atoms with Gasteiger partial charge >= 0.3 is 0 Å². The molecule has 1 aromatic rings. The van der Waals surface area contributed by atoms with Crippen molar-refractivity contribution in [2.45, 2.75) is 65.0 Å². The zero-order valence-corrected chi connectivity index (χ0v) is 12.9. The van der Waals surface area contributed by atoms with Gasteiger partial charge in [-0.05, 0) is 42.1 Å². The lowest BCUT2D eigenvalue weighted by Gasteiger charge is -2.16. The molecule has 1 atom stereocenters. The predicted molar refractivity (Wildman–Crippen MR) is 76.6 cm³/mol. The zero-order valence-electron chi connectivity index (χ0n) is 11.3. The fourth-order valence-corrected chi connectivity index (χ4v) is 3.45. The molecule has 0 saturated heterocycles. The summed E-state index contributed by atoms with van der Waals surface area (Å²) >= 11 is 3.59. The minimum Gasteiger partial charge on any atom is -0.393 e. The van der Waals surface area contributed by atoms with Crippen molar-refractivity contribution in [2.75, 3.05) is 0 Å². The summed E-state index contributed by atoms with van der Waals surface area (Å²) in [6.07, 6.45) is 6.70. The first kappa shape index (κ1) is 14.1. The molecule has 2 rings (SSSR count). The van der Waals surface area contributed by atoms with Gasteiger partial charge in [-0.25, -0.2) is 0 Å². The molecule has 0 bridgehead atoms. The molecule has 1 unspecified atom stereocenters. The van der Waals surface area contributed by atoms with E-state index in [2.05, 4.69) is 28.0 Å². The van der Waals surface area contributed by atoms with Crippen LogP contribution in [0.25, 0.3) is 0 Å². The normalized spacial score (nSPS) is 18.4. The Morgan fingerprint density at radius 1 is 1.44 bits per heavy atom. The van der Waals surface area contributed by atoms with E-state index in [4.69, 9.17) is 0 Å². The van der Waals surface area contributed by atoms with E-state index >= 15 is 0 Å². The number of aliphatic hydroxyl groups excluding tert-OH is 1. The number of aryl methyl sites for hydroxylation is 2. The highest BCUT2D eigenvalue weighted by Gasteiger charge is 2.21. The molecule has 1 aromatic heterocycles. The number of nitrogens with zero attached hydrogens (tertiary/aromatic N) is 2. The van der Waals surface area contributed by atoms with E-state index in [9.17, 15) is 5.11 Å². The van der Waals surface area contributed by atoms with Crippen molar-refractivity contribution in [1.29, 1.82) is 0 Å². The van der Waals surface area contributed by atoms with Crippen LogP contribution in [0.15, 0.2) is 4.47 Å². The molecular formula is C14H23BrN2O. The van der Waals surface area contributed by atoms with Crippen molar-refractivity contribution >= 4 is 15.9 Å². The first-order valence-corrected chi connectivity index (χ1v) is 7.81. The van der Waals surface area contributed by atoms with Crippen molar-refractivity contribution in [2.24, 2.45) is 5.92 Å². The number of halogens is 1. The molecule has 1 fully saturated rings. The summed E-state index contributed by atoms with van der Waals surface area (Å²) in [7, 11) is 0. The molecule has 4 heteroatoms. The van der Waals surface area contributed by atoms with E-state index < -0.39 is 0 Å². The van der Waals surface area contributed by atoms with Crippen LogP contribution in [0.4, 0.5) is 0 Å². The highest BCUT2D eigenvalue weighted by molar-refractivity contribution is 9.10. The van der Waals surface area contributed by atoms with E-state index in [0.29, 0.717) is 6.42 Å². The molecule has 18 heavy (non-hydrogen) atoms. The molecule has 102 valence electrons. The summed E-state index contributed by atoms with van der Waals surface area (Å²) in [5.74, 6) is 0.734. The molecule has 0 amide bonds. The summed E-state index contributed by atoms with van der Waals surface area (Å²) in [5.41, 5.74) is 2.15. The Bertz CT molecular complexity index is 397. The fourth-order valence-electron chi connectivity index (χ4n) is 3.00. The second-order valence-corrected chi connectivity index (χ2v) is 6.20. The Labute approximate surface area is 118 Å². The van der Waals surface area contributed by atoms with Crippen LogP contribution in [0, 0.1) is 12.8 Å². The molecule has 1 aliphatic rings. The Balaban J connectivity index is 1.99. The van der Waals surface area contributed by atoms with Gasteiger partial charge in [0.15, 0.2) is 0 Å². The lowest BCUT2D eigenvalue weighted by Crippen LogP contribution is -2.17. The van der Waals surface area contributed by atoms with Crippen molar-refractivity contribution in [3.05, 3.63) is 15.9 Å². The highest BCUT2D eigenvalue weighted by atomic mass is 79.9. The molecule has 0 aliphatic heterocycles. The standard InChI is InChI=1S/C14H23BrN2O/c1-3-17-13(14(15)10(2)16-17)9-12(18)8-11-6-4-5-7-11/h11-12,18H,3-9H2,1-2H3. The topological polar surface area (TPSA) is 38.0 Å². The molecule has 1 N–H and O–H groups in total. The third kappa shape index (κ3) is 3.15. The maximum Gasteiger partial charge on any atom is 0.0738 e. The largest absolute Gasteiger partial charge is 0.393 e. The van der Waals surface area contributed by atoms with Gasteiger partial charge in [-0.15, -0.1) is 0 Å². The van der Waals surface area contributed by atoms with Crippen LogP contribution in [-0.2, 0) is 13.0 Å². The van der Waals surface area contributed by atoms with Crippen LogP contribution >= 0.6 is 15.9 Å². The van der Waals surface area contributed by atoms with Gasteiger partial charge in [-0.1, -0.05) is 25.7 Å². The van der Waals surface area contributed by atoms with Crippen molar-refractivity contribution in [3.63, 3.8) is 0 Å². The number of hydrogen-bond acceptors (Lipinski definition) is 2. The summed E-state index contributed by atoms with van der Waals surface area (Å²) in [5, 5.41) is 14.7. The monoisotopic (exact) mass is 314 g/mol. The first-order valence-electron chi connectivity index (χ1n) is 7.01. The van der Waals surface area contributed by atoms with Gasteiger partial charge in [-0.2, -0.15) is 5.10 Å². The van der Waals surface area contributed by atoms with Crippen LogP contribution < -0.4 is 0 Å². The van der Waals surface area contributed by atoms with Gasteiger partial charge in [0.2, 0.25) is 0 Å². The number of aliphatic hydroxyl groups is 1. The molecule has 1 heterocycles. The van der Waals surface area contributed by atoms with Crippen LogP contribution in [-0.4, -0.2) is 21.0 Å². The summed E-state index contributed by atoms with van der Waals surface area (Å²) in [4.78, 5) is 0. The third-order valence-electron chi connectivity index (χ3n) is 3.96. The second-order valence-electron chi connectivity index (χ2n) is 5.41. The molecule has 1 aliphatic carbocycles. The number of hydrogen-bond donors (Lipinski definition) is 1. The Hall–Kier alpha value is -0.350. The Morgan fingerprint density at radius 2 is 2.11 bits per heavy atom. The lowest BCUT2D eigenvalue weighted by molar-refractivity contribution is 0.140. The van der Waals surface area contributed by atoms with Crippen LogP contribution in [0.1, 0.15) is 50.4 Å². The van der Waals surface area contributed by atoms with Crippen LogP contribution in [0.2, 0.25) is 0 Å². The first-order chi connectivity index (χ1) is 8.61. The van der Waals surface area contributed by atoms with E-state index in [1.54, 1.807) is 0 Å².